The molecule has 1 aliphatic carbocycles. The SMILES string of the molecule is CC1(C2CCCC2)CC(=O)CC(=O)O1.CCCc1ccc(O)c(CC(F)(F)F)c1. The standard InChI is InChI=1S/C11H13F3O.C11H16O3/c1-2-3-8-4-5-10(15)9(6-8)7-11(12,13)14;1-11(8-4-2-3-5-8)7-9(12)6-10(13)14-11/h4-6,15H,2-3,7H2,1H3;8H,2-7H2,1H3. The average molecular weight is 414 g/mol. The second kappa shape index (κ2) is 9.63. The van der Waals surface area contributed by atoms with Crippen LogP contribution in [0.4, 0.5) is 13.2 Å². The molecule has 29 heavy (non-hydrogen) atoms. The highest BCUT2D eigenvalue weighted by atomic mass is 19.4. The molecule has 1 unspecified atom stereocenters. The first kappa shape index (κ1) is 23.2. The zero-order chi connectivity index (χ0) is 21.7. The van der Waals surface area contributed by atoms with Crippen molar-refractivity contribution in [1.29, 1.82) is 0 Å². The lowest BCUT2D eigenvalue weighted by atomic mass is 9.81. The van der Waals surface area contributed by atoms with Crippen LogP contribution in [-0.2, 0) is 27.2 Å². The second-order valence-corrected chi connectivity index (χ2v) is 8.17. The number of aryl methyl sites for hydroxylation is 1. The first-order chi connectivity index (χ1) is 13.5. The number of rotatable bonds is 4. The second-order valence-electron chi connectivity index (χ2n) is 8.17. The van der Waals surface area contributed by atoms with E-state index >= 15 is 0 Å². The van der Waals surface area contributed by atoms with E-state index in [-0.39, 0.29) is 29.5 Å². The third kappa shape index (κ3) is 7.05. The summed E-state index contributed by atoms with van der Waals surface area (Å²) in [5.74, 6) is -0.186. The lowest BCUT2D eigenvalue weighted by molar-refractivity contribution is -0.174. The van der Waals surface area contributed by atoms with E-state index in [1.54, 1.807) is 6.07 Å². The van der Waals surface area contributed by atoms with Crippen molar-refractivity contribution in [2.45, 2.75) is 83.4 Å². The number of cyclic esters (lactones) is 1. The number of halogens is 3. The number of phenolic OH excluding ortho intramolecular Hbond substituents is 1. The molecule has 0 radical (unpaired) electrons. The smallest absolute Gasteiger partial charge is 0.393 e. The molecule has 7 heteroatoms. The molecule has 162 valence electrons. The van der Waals surface area contributed by atoms with Gasteiger partial charge in [-0.2, -0.15) is 13.2 Å². The van der Waals surface area contributed by atoms with Crippen LogP contribution in [0, 0.1) is 5.92 Å². The molecule has 1 atom stereocenters. The van der Waals surface area contributed by atoms with E-state index in [9.17, 15) is 27.9 Å². The minimum atomic E-state index is -4.28. The minimum absolute atomic E-state index is 0.0255. The van der Waals surface area contributed by atoms with Gasteiger partial charge in [-0.05, 0) is 43.7 Å². The highest BCUT2D eigenvalue weighted by molar-refractivity contribution is 5.98. The predicted octanol–water partition coefficient (Wildman–Crippen LogP) is 5.29. The Bertz CT molecular complexity index is 705. The summed E-state index contributed by atoms with van der Waals surface area (Å²) in [6.07, 6.45) is 1.23. The quantitative estimate of drug-likeness (QED) is 0.537. The first-order valence-corrected chi connectivity index (χ1v) is 10.1. The Kier molecular flexibility index (Phi) is 7.72. The molecule has 3 rings (SSSR count). The Morgan fingerprint density at radius 1 is 1.21 bits per heavy atom. The van der Waals surface area contributed by atoms with E-state index in [0.29, 0.717) is 12.3 Å². The third-order valence-electron chi connectivity index (χ3n) is 5.53. The van der Waals surface area contributed by atoms with Gasteiger partial charge in [0.05, 0.1) is 6.42 Å². The highest BCUT2D eigenvalue weighted by Gasteiger charge is 2.44. The zero-order valence-electron chi connectivity index (χ0n) is 17.0. The fourth-order valence-corrected chi connectivity index (χ4v) is 4.15. The summed E-state index contributed by atoms with van der Waals surface area (Å²) in [5, 5.41) is 9.27. The van der Waals surface area contributed by atoms with Crippen molar-refractivity contribution in [3.63, 3.8) is 0 Å². The molecule has 0 spiro atoms. The predicted molar refractivity (Wildman–Crippen MR) is 103 cm³/mol. The van der Waals surface area contributed by atoms with Gasteiger partial charge in [-0.15, -0.1) is 0 Å². The number of carbonyl (C=O) groups excluding carboxylic acids is 2. The summed E-state index contributed by atoms with van der Waals surface area (Å²) < 4.78 is 41.8. The molecule has 1 aliphatic heterocycles. The van der Waals surface area contributed by atoms with Crippen molar-refractivity contribution in [2.24, 2.45) is 5.92 Å². The number of ketones is 1. The number of benzene rings is 1. The molecule has 2 aliphatic rings. The third-order valence-corrected chi connectivity index (χ3v) is 5.53. The van der Waals surface area contributed by atoms with Crippen LogP contribution in [0.5, 0.6) is 5.75 Å². The van der Waals surface area contributed by atoms with Crippen LogP contribution in [0.3, 0.4) is 0 Å². The van der Waals surface area contributed by atoms with Crippen LogP contribution in [0.1, 0.15) is 69.9 Å². The average Bonchev–Trinajstić information content (AvgIpc) is 3.12. The maximum Gasteiger partial charge on any atom is 0.393 e. The summed E-state index contributed by atoms with van der Waals surface area (Å²) in [7, 11) is 0. The van der Waals surface area contributed by atoms with E-state index in [4.69, 9.17) is 4.74 Å². The van der Waals surface area contributed by atoms with Gasteiger partial charge in [0.2, 0.25) is 0 Å². The molecule has 1 saturated carbocycles. The van der Waals surface area contributed by atoms with Crippen molar-refractivity contribution >= 4 is 11.8 Å². The van der Waals surface area contributed by atoms with Gasteiger partial charge >= 0.3 is 12.1 Å². The number of phenols is 1. The summed E-state index contributed by atoms with van der Waals surface area (Å²) in [6.45, 7) is 3.87. The lowest BCUT2D eigenvalue weighted by Gasteiger charge is -2.37. The van der Waals surface area contributed by atoms with Gasteiger partial charge in [0, 0.05) is 12.0 Å². The Morgan fingerprint density at radius 3 is 2.41 bits per heavy atom. The first-order valence-electron chi connectivity index (χ1n) is 10.1. The molecule has 1 saturated heterocycles. The minimum Gasteiger partial charge on any atom is -0.508 e. The molecule has 1 aromatic carbocycles. The highest BCUT2D eigenvalue weighted by Crippen LogP contribution is 2.40. The molecule has 1 N–H and O–H groups in total. The number of Topliss-reactive ketones (excluding diaryl/α,β-unsaturated/α-hetero) is 1. The summed E-state index contributed by atoms with van der Waals surface area (Å²) in [4.78, 5) is 22.5. The number of hydrogen-bond acceptors (Lipinski definition) is 4. The van der Waals surface area contributed by atoms with Gasteiger partial charge in [0.1, 0.15) is 23.6 Å². The van der Waals surface area contributed by atoms with Gasteiger partial charge in [-0.1, -0.05) is 38.3 Å². The fourth-order valence-electron chi connectivity index (χ4n) is 4.15. The monoisotopic (exact) mass is 414 g/mol. The molecule has 2 fully saturated rings. The molecule has 0 aromatic heterocycles. The van der Waals surface area contributed by atoms with Gasteiger partial charge in [0.15, 0.2) is 0 Å². The Morgan fingerprint density at radius 2 is 1.86 bits per heavy atom. The van der Waals surface area contributed by atoms with Gasteiger partial charge in [-0.3, -0.25) is 9.59 Å². The fraction of sp³-hybridized carbons (Fsp3) is 0.636. The maximum atomic E-state index is 12.1. The molecule has 0 amide bonds. The molecule has 1 heterocycles. The Labute approximate surface area is 169 Å². The number of ether oxygens (including phenoxy) is 1. The van der Waals surface area contributed by atoms with E-state index < -0.39 is 18.2 Å². The molecule has 1 aromatic rings. The van der Waals surface area contributed by atoms with Gasteiger partial charge in [0.25, 0.3) is 0 Å². The van der Waals surface area contributed by atoms with E-state index in [0.717, 1.165) is 31.2 Å². The van der Waals surface area contributed by atoms with Gasteiger partial charge < -0.3 is 9.84 Å². The normalized spacial score (nSPS) is 22.8. The van der Waals surface area contributed by atoms with Crippen molar-refractivity contribution in [3.05, 3.63) is 29.3 Å². The Balaban J connectivity index is 0.000000207. The van der Waals surface area contributed by atoms with Crippen molar-refractivity contribution in [2.75, 3.05) is 0 Å². The maximum absolute atomic E-state index is 12.1. The summed E-state index contributed by atoms with van der Waals surface area (Å²) >= 11 is 0. The molecular weight excluding hydrogens is 385 g/mol. The number of esters is 1. The van der Waals surface area contributed by atoms with Crippen LogP contribution in [0.25, 0.3) is 0 Å². The van der Waals surface area contributed by atoms with Gasteiger partial charge in [-0.25, -0.2) is 0 Å². The molecule has 0 bridgehead atoms. The largest absolute Gasteiger partial charge is 0.508 e. The Hall–Kier alpha value is -2.05. The van der Waals surface area contributed by atoms with Crippen LogP contribution in [-0.4, -0.2) is 28.6 Å². The number of carbonyl (C=O) groups is 2. The van der Waals surface area contributed by atoms with Crippen LogP contribution >= 0.6 is 0 Å². The van der Waals surface area contributed by atoms with E-state index in [1.807, 2.05) is 13.8 Å². The van der Waals surface area contributed by atoms with Crippen LogP contribution < -0.4 is 0 Å². The lowest BCUT2D eigenvalue weighted by Crippen LogP contribution is -2.45. The van der Waals surface area contributed by atoms with E-state index in [1.165, 1.54) is 25.0 Å². The number of hydrogen-bond donors (Lipinski definition) is 1. The number of aromatic hydroxyl groups is 1. The van der Waals surface area contributed by atoms with Crippen LogP contribution in [0.2, 0.25) is 0 Å². The molecular formula is C22H29F3O4. The summed E-state index contributed by atoms with van der Waals surface area (Å²) in [5.41, 5.74) is 0.283. The van der Waals surface area contributed by atoms with E-state index in [2.05, 4.69) is 0 Å². The van der Waals surface area contributed by atoms with Crippen molar-refractivity contribution < 1.29 is 32.6 Å². The molecule has 4 nitrogen and oxygen atoms in total. The topological polar surface area (TPSA) is 63.6 Å². The number of alkyl halides is 3. The van der Waals surface area contributed by atoms with Crippen LogP contribution in [0.15, 0.2) is 18.2 Å². The van der Waals surface area contributed by atoms with Crippen molar-refractivity contribution in [1.82, 2.24) is 0 Å². The zero-order valence-corrected chi connectivity index (χ0v) is 17.0. The summed E-state index contributed by atoms with van der Waals surface area (Å²) in [6, 6.07) is 4.40. The van der Waals surface area contributed by atoms with Crippen molar-refractivity contribution in [3.8, 4) is 5.75 Å².